The van der Waals surface area contributed by atoms with Crippen LogP contribution in [-0.4, -0.2) is 54.6 Å². The first-order valence-corrected chi connectivity index (χ1v) is 13.1. The van der Waals surface area contributed by atoms with Gasteiger partial charge in [0.05, 0.1) is 26.7 Å². The summed E-state index contributed by atoms with van der Waals surface area (Å²) in [5.41, 5.74) is 2.01. The van der Waals surface area contributed by atoms with E-state index in [1.54, 1.807) is 48.3 Å². The number of amides is 2. The van der Waals surface area contributed by atoms with Crippen molar-refractivity contribution >= 4 is 40.3 Å². The van der Waals surface area contributed by atoms with Crippen LogP contribution in [0.4, 0.5) is 17.5 Å². The number of fused-ring (bicyclic) bond motifs is 3. The summed E-state index contributed by atoms with van der Waals surface area (Å²) in [7, 11) is 4.76. The molecule has 2 aromatic heterocycles. The van der Waals surface area contributed by atoms with Crippen molar-refractivity contribution in [3.8, 4) is 17.2 Å². The molecule has 11 nitrogen and oxygen atoms in total. The van der Waals surface area contributed by atoms with Crippen LogP contribution >= 0.6 is 0 Å². The summed E-state index contributed by atoms with van der Waals surface area (Å²) >= 11 is 0. The first-order chi connectivity index (χ1) is 18.8. The fourth-order valence-electron chi connectivity index (χ4n) is 4.35. The summed E-state index contributed by atoms with van der Waals surface area (Å²) in [5, 5.41) is 6.42. The largest absolute Gasteiger partial charge is 0.493 e. The lowest BCUT2D eigenvalue weighted by molar-refractivity contribution is -0.123. The molecule has 2 amide bonds. The number of carbonyl (C=O) groups excluding carboxylic acids is 2. The smallest absolute Gasteiger partial charge is 0.233 e. The normalized spacial score (nSPS) is 13.5. The highest BCUT2D eigenvalue weighted by Crippen LogP contribution is 2.42. The second-order valence-corrected chi connectivity index (χ2v) is 11.8. The van der Waals surface area contributed by atoms with Crippen LogP contribution in [-0.2, 0) is 22.6 Å². The molecule has 11 heteroatoms. The lowest BCUT2D eigenvalue weighted by Gasteiger charge is -2.32. The Kier molecular flexibility index (Phi) is 7.78. The number of anilines is 3. The molecule has 0 saturated heterocycles. The SMILES string of the molecule is COc1cc(N2CCc3c(cnc4nc(NC(=O)C(C)(C)C)nc(NC(=O)C(C)(C)C)c34)C2)cc(OC)c1OC. The van der Waals surface area contributed by atoms with Crippen molar-refractivity contribution in [1.82, 2.24) is 15.0 Å². The molecular formula is C29H38N6O5. The molecule has 214 valence electrons. The van der Waals surface area contributed by atoms with Gasteiger partial charge in [-0.05, 0) is 17.5 Å². The van der Waals surface area contributed by atoms with Gasteiger partial charge in [-0.2, -0.15) is 9.97 Å². The molecule has 1 aliphatic rings. The van der Waals surface area contributed by atoms with Crippen LogP contribution in [0.15, 0.2) is 18.3 Å². The first-order valence-electron chi connectivity index (χ1n) is 13.1. The van der Waals surface area contributed by atoms with Gasteiger partial charge in [0.2, 0.25) is 23.5 Å². The molecule has 3 heterocycles. The van der Waals surface area contributed by atoms with E-state index in [9.17, 15) is 9.59 Å². The van der Waals surface area contributed by atoms with Crippen LogP contribution < -0.4 is 29.7 Å². The van der Waals surface area contributed by atoms with Crippen LogP contribution in [0, 0.1) is 10.8 Å². The zero-order valence-corrected chi connectivity index (χ0v) is 24.7. The van der Waals surface area contributed by atoms with Crippen molar-refractivity contribution in [3.63, 3.8) is 0 Å². The number of carbonyl (C=O) groups is 2. The highest BCUT2D eigenvalue weighted by Gasteiger charge is 2.28. The maximum Gasteiger partial charge on any atom is 0.233 e. The molecule has 4 rings (SSSR count). The van der Waals surface area contributed by atoms with Crippen LogP contribution in [0.5, 0.6) is 17.2 Å². The van der Waals surface area contributed by atoms with Gasteiger partial charge in [-0.3, -0.25) is 14.9 Å². The maximum absolute atomic E-state index is 13.0. The van der Waals surface area contributed by atoms with E-state index in [1.807, 2.05) is 32.9 Å². The number of nitrogens with one attached hydrogen (secondary N) is 2. The topological polar surface area (TPSA) is 128 Å². The summed E-state index contributed by atoms with van der Waals surface area (Å²) in [6.07, 6.45) is 2.44. The molecule has 0 bridgehead atoms. The molecule has 0 spiro atoms. The zero-order chi connectivity index (χ0) is 29.4. The summed E-state index contributed by atoms with van der Waals surface area (Å²) in [6.45, 7) is 12.1. The minimum absolute atomic E-state index is 0.0962. The Bertz CT molecular complexity index is 1430. The van der Waals surface area contributed by atoms with Gasteiger partial charge >= 0.3 is 0 Å². The van der Waals surface area contributed by atoms with Crippen LogP contribution in [0.2, 0.25) is 0 Å². The fourth-order valence-corrected chi connectivity index (χ4v) is 4.35. The summed E-state index contributed by atoms with van der Waals surface area (Å²) in [5.74, 6) is 1.67. The molecule has 1 aliphatic heterocycles. The summed E-state index contributed by atoms with van der Waals surface area (Å²) in [4.78, 5) is 41.6. The Balaban J connectivity index is 1.78. The molecule has 40 heavy (non-hydrogen) atoms. The van der Waals surface area contributed by atoms with Gasteiger partial charge in [0.15, 0.2) is 17.1 Å². The van der Waals surface area contributed by atoms with Crippen molar-refractivity contribution in [2.75, 3.05) is 43.4 Å². The molecule has 0 saturated carbocycles. The molecule has 1 aromatic carbocycles. The molecular weight excluding hydrogens is 512 g/mol. The average Bonchev–Trinajstić information content (AvgIpc) is 2.90. The average molecular weight is 551 g/mol. The predicted molar refractivity (Wildman–Crippen MR) is 154 cm³/mol. The van der Waals surface area contributed by atoms with Crippen LogP contribution in [0.1, 0.15) is 52.7 Å². The Hall–Kier alpha value is -4.15. The number of aromatic nitrogens is 3. The Morgan fingerprint density at radius 2 is 1.48 bits per heavy atom. The van der Waals surface area contributed by atoms with E-state index in [0.29, 0.717) is 53.6 Å². The van der Waals surface area contributed by atoms with Crippen molar-refractivity contribution in [3.05, 3.63) is 29.5 Å². The standard InChI is InChI=1S/C29H38N6O5/c1-28(2,3)25(36)31-24-21-18-10-11-35(17-12-19(38-7)22(40-9)20(13-17)39-8)15-16(18)14-30-23(21)32-27(33-24)34-26(37)29(4,5)6/h12-14H,10-11,15H2,1-9H3,(H2,30,31,32,33,34,36,37). The Morgan fingerprint density at radius 3 is 2.02 bits per heavy atom. The third kappa shape index (κ3) is 5.73. The Labute approximate surface area is 234 Å². The van der Waals surface area contributed by atoms with Crippen molar-refractivity contribution in [2.24, 2.45) is 10.8 Å². The third-order valence-corrected chi connectivity index (χ3v) is 6.75. The number of hydrogen-bond acceptors (Lipinski definition) is 9. The van der Waals surface area contributed by atoms with Gasteiger partial charge < -0.3 is 24.4 Å². The second-order valence-electron chi connectivity index (χ2n) is 11.8. The zero-order valence-electron chi connectivity index (χ0n) is 24.7. The highest BCUT2D eigenvalue weighted by atomic mass is 16.5. The number of rotatable bonds is 6. The molecule has 0 unspecified atom stereocenters. The fraction of sp³-hybridized carbons (Fsp3) is 0.483. The molecule has 2 N–H and O–H groups in total. The molecule has 0 radical (unpaired) electrons. The number of benzene rings is 1. The number of ether oxygens (including phenoxy) is 3. The van der Waals surface area contributed by atoms with Crippen LogP contribution in [0.3, 0.4) is 0 Å². The van der Waals surface area contributed by atoms with E-state index in [1.165, 1.54) is 0 Å². The highest BCUT2D eigenvalue weighted by molar-refractivity contribution is 6.03. The minimum atomic E-state index is -0.655. The van der Waals surface area contributed by atoms with Crippen LogP contribution in [0.25, 0.3) is 11.0 Å². The van der Waals surface area contributed by atoms with E-state index in [4.69, 9.17) is 14.2 Å². The van der Waals surface area contributed by atoms with Crippen molar-refractivity contribution < 1.29 is 23.8 Å². The Morgan fingerprint density at radius 1 is 0.875 bits per heavy atom. The number of nitrogens with zero attached hydrogens (tertiary/aromatic N) is 4. The van der Waals surface area contributed by atoms with Crippen molar-refractivity contribution in [2.45, 2.75) is 54.5 Å². The monoisotopic (exact) mass is 550 g/mol. The molecule has 3 aromatic rings. The second kappa shape index (κ2) is 10.8. The summed E-state index contributed by atoms with van der Waals surface area (Å²) < 4.78 is 16.6. The summed E-state index contributed by atoms with van der Waals surface area (Å²) in [6, 6.07) is 3.84. The van der Waals surface area contributed by atoms with E-state index < -0.39 is 10.8 Å². The quantitative estimate of drug-likeness (QED) is 0.453. The number of pyridine rings is 1. The van der Waals surface area contributed by atoms with Gasteiger partial charge in [0, 0.05) is 47.9 Å². The number of methoxy groups -OCH3 is 3. The lowest BCUT2D eigenvalue weighted by atomic mass is 9.95. The number of hydrogen-bond donors (Lipinski definition) is 2. The van der Waals surface area contributed by atoms with E-state index >= 15 is 0 Å². The van der Waals surface area contributed by atoms with E-state index in [0.717, 1.165) is 16.8 Å². The first kappa shape index (κ1) is 28.8. The predicted octanol–water partition coefficient (Wildman–Crippen LogP) is 4.58. The molecule has 0 aliphatic carbocycles. The van der Waals surface area contributed by atoms with Gasteiger partial charge in [-0.25, -0.2) is 4.98 Å². The lowest BCUT2D eigenvalue weighted by Crippen LogP contribution is -2.32. The molecule has 0 atom stereocenters. The minimum Gasteiger partial charge on any atom is -0.493 e. The van der Waals surface area contributed by atoms with Gasteiger partial charge in [-0.15, -0.1) is 0 Å². The van der Waals surface area contributed by atoms with E-state index in [2.05, 4.69) is 30.5 Å². The van der Waals surface area contributed by atoms with E-state index in [-0.39, 0.29) is 17.8 Å². The van der Waals surface area contributed by atoms with Gasteiger partial charge in [-0.1, -0.05) is 41.5 Å². The van der Waals surface area contributed by atoms with Crippen molar-refractivity contribution in [1.29, 1.82) is 0 Å². The molecule has 0 fully saturated rings. The maximum atomic E-state index is 13.0. The third-order valence-electron chi connectivity index (χ3n) is 6.75. The van der Waals surface area contributed by atoms with Gasteiger partial charge in [0.25, 0.3) is 0 Å². The van der Waals surface area contributed by atoms with Gasteiger partial charge in [0.1, 0.15) is 5.82 Å².